The number of aryl methyl sites for hydroxylation is 1. The lowest BCUT2D eigenvalue weighted by atomic mass is 10.1. The zero-order valence-electron chi connectivity index (χ0n) is 15.9. The van der Waals surface area contributed by atoms with Gasteiger partial charge in [-0.3, -0.25) is 4.98 Å². The molecule has 5 aromatic rings. The summed E-state index contributed by atoms with van der Waals surface area (Å²) in [4.78, 5) is 11.6. The minimum Gasteiger partial charge on any atom is -0.438 e. The Morgan fingerprint density at radius 3 is 2.38 bits per heavy atom. The van der Waals surface area contributed by atoms with Crippen LogP contribution in [0.3, 0.4) is 0 Å². The third kappa shape index (κ3) is 3.55. The normalized spacial score (nSPS) is 11.1. The SMILES string of the molecule is Cc1cccc(Sc2ccccc2)c1Oc1ccc2ccc3cccnc3c2n1. The Morgan fingerprint density at radius 1 is 0.724 bits per heavy atom. The maximum absolute atomic E-state index is 6.31. The van der Waals surface area contributed by atoms with Crippen molar-refractivity contribution >= 4 is 33.6 Å². The molecule has 2 heterocycles. The van der Waals surface area contributed by atoms with Crippen molar-refractivity contribution in [2.24, 2.45) is 0 Å². The smallest absolute Gasteiger partial charge is 0.219 e. The van der Waals surface area contributed by atoms with Gasteiger partial charge in [0, 0.05) is 27.9 Å². The van der Waals surface area contributed by atoms with Gasteiger partial charge in [-0.05, 0) is 42.8 Å². The number of hydrogen-bond acceptors (Lipinski definition) is 4. The maximum Gasteiger partial charge on any atom is 0.219 e. The minimum absolute atomic E-state index is 0.569. The van der Waals surface area contributed by atoms with Gasteiger partial charge >= 0.3 is 0 Å². The summed E-state index contributed by atoms with van der Waals surface area (Å²) in [5.74, 6) is 1.40. The summed E-state index contributed by atoms with van der Waals surface area (Å²) in [6, 6.07) is 28.6. The molecule has 0 bridgehead atoms. The van der Waals surface area contributed by atoms with Crippen LogP contribution in [0.2, 0.25) is 0 Å². The molecular weight excluding hydrogens is 376 g/mol. The number of ether oxygens (including phenoxy) is 1. The molecule has 0 saturated heterocycles. The Bertz CT molecular complexity index is 1320. The minimum atomic E-state index is 0.569. The van der Waals surface area contributed by atoms with Gasteiger partial charge in [-0.2, -0.15) is 0 Å². The number of para-hydroxylation sites is 1. The summed E-state index contributed by atoms with van der Waals surface area (Å²) in [7, 11) is 0. The third-order valence-electron chi connectivity index (χ3n) is 4.76. The molecule has 0 radical (unpaired) electrons. The van der Waals surface area contributed by atoms with Crippen LogP contribution >= 0.6 is 11.8 Å². The van der Waals surface area contributed by atoms with E-state index < -0.39 is 0 Å². The van der Waals surface area contributed by atoms with E-state index in [9.17, 15) is 0 Å². The van der Waals surface area contributed by atoms with Crippen LogP contribution in [0.1, 0.15) is 5.56 Å². The molecule has 0 N–H and O–H groups in total. The third-order valence-corrected chi connectivity index (χ3v) is 5.81. The van der Waals surface area contributed by atoms with E-state index >= 15 is 0 Å². The standard InChI is InChI=1S/C25H18N2OS/c1-17-7-5-11-21(29-20-9-3-2-4-10-20)25(17)28-22-15-14-19-13-12-18-8-6-16-26-23(18)24(19)27-22/h2-16H,1H3. The number of nitrogens with zero attached hydrogens (tertiary/aromatic N) is 2. The molecular formula is C25H18N2OS. The van der Waals surface area contributed by atoms with Gasteiger partial charge in [-0.25, -0.2) is 4.98 Å². The number of rotatable bonds is 4. The zero-order chi connectivity index (χ0) is 19.6. The van der Waals surface area contributed by atoms with Crippen molar-refractivity contribution in [1.82, 2.24) is 9.97 Å². The van der Waals surface area contributed by atoms with Crippen molar-refractivity contribution in [2.75, 3.05) is 0 Å². The van der Waals surface area contributed by atoms with Crippen molar-refractivity contribution < 1.29 is 4.74 Å². The molecule has 0 aliphatic carbocycles. The van der Waals surface area contributed by atoms with Crippen molar-refractivity contribution in [2.45, 2.75) is 16.7 Å². The highest BCUT2D eigenvalue weighted by Crippen LogP contribution is 2.39. The van der Waals surface area contributed by atoms with Gasteiger partial charge in [0.25, 0.3) is 0 Å². The van der Waals surface area contributed by atoms with E-state index in [4.69, 9.17) is 9.72 Å². The first-order valence-corrected chi connectivity index (χ1v) is 10.2. The lowest BCUT2D eigenvalue weighted by Gasteiger charge is -2.13. The first-order chi connectivity index (χ1) is 14.3. The first kappa shape index (κ1) is 17.7. The van der Waals surface area contributed by atoms with E-state index in [0.29, 0.717) is 5.88 Å². The van der Waals surface area contributed by atoms with Gasteiger partial charge in [-0.15, -0.1) is 0 Å². The average molecular weight is 394 g/mol. The summed E-state index contributed by atoms with van der Waals surface area (Å²) in [6.45, 7) is 2.06. The molecule has 0 aliphatic heterocycles. The molecule has 5 rings (SSSR count). The van der Waals surface area contributed by atoms with E-state index in [1.54, 1.807) is 18.0 Å². The molecule has 3 aromatic carbocycles. The molecule has 0 unspecified atom stereocenters. The molecule has 4 heteroatoms. The molecule has 0 spiro atoms. The van der Waals surface area contributed by atoms with E-state index in [2.05, 4.69) is 54.4 Å². The van der Waals surface area contributed by atoms with Crippen LogP contribution < -0.4 is 4.74 Å². The fourth-order valence-corrected chi connectivity index (χ4v) is 4.31. The molecule has 29 heavy (non-hydrogen) atoms. The van der Waals surface area contributed by atoms with Crippen LogP contribution in [0, 0.1) is 6.92 Å². The van der Waals surface area contributed by atoms with Gasteiger partial charge in [0.15, 0.2) is 0 Å². The van der Waals surface area contributed by atoms with Crippen LogP contribution in [0.25, 0.3) is 21.8 Å². The summed E-state index contributed by atoms with van der Waals surface area (Å²) in [5.41, 5.74) is 2.81. The predicted octanol–water partition coefficient (Wildman–Crippen LogP) is 7.03. The average Bonchev–Trinajstić information content (AvgIpc) is 2.77. The summed E-state index contributed by atoms with van der Waals surface area (Å²) in [5, 5.41) is 2.12. The Morgan fingerprint density at radius 2 is 1.52 bits per heavy atom. The predicted molar refractivity (Wildman–Crippen MR) is 119 cm³/mol. The van der Waals surface area contributed by atoms with E-state index in [-0.39, 0.29) is 0 Å². The Hall–Kier alpha value is -3.37. The molecule has 2 aromatic heterocycles. The van der Waals surface area contributed by atoms with E-state index in [0.717, 1.165) is 38.0 Å². The van der Waals surface area contributed by atoms with Crippen LogP contribution in [0.5, 0.6) is 11.6 Å². The molecule has 0 aliphatic rings. The topological polar surface area (TPSA) is 35.0 Å². The molecule has 0 saturated carbocycles. The van der Waals surface area contributed by atoms with Crippen molar-refractivity contribution in [3.63, 3.8) is 0 Å². The highest BCUT2D eigenvalue weighted by Gasteiger charge is 2.12. The second-order valence-corrected chi connectivity index (χ2v) is 7.90. The second-order valence-electron chi connectivity index (χ2n) is 6.78. The summed E-state index contributed by atoms with van der Waals surface area (Å²) in [6.07, 6.45) is 1.80. The van der Waals surface area contributed by atoms with Gasteiger partial charge in [0.2, 0.25) is 5.88 Å². The van der Waals surface area contributed by atoms with Crippen LogP contribution in [-0.2, 0) is 0 Å². The second kappa shape index (κ2) is 7.57. The monoisotopic (exact) mass is 394 g/mol. The van der Waals surface area contributed by atoms with Gasteiger partial charge in [0.05, 0.1) is 10.4 Å². The Labute approximate surface area is 173 Å². The van der Waals surface area contributed by atoms with Crippen molar-refractivity contribution in [3.05, 3.63) is 96.7 Å². The Kier molecular flexibility index (Phi) is 4.62. The van der Waals surface area contributed by atoms with Gasteiger partial charge in [-0.1, -0.05) is 60.3 Å². The molecule has 3 nitrogen and oxygen atoms in total. The summed E-state index contributed by atoms with van der Waals surface area (Å²) < 4.78 is 6.31. The first-order valence-electron chi connectivity index (χ1n) is 9.43. The quantitative estimate of drug-likeness (QED) is 0.306. The lowest BCUT2D eigenvalue weighted by molar-refractivity contribution is 0.450. The van der Waals surface area contributed by atoms with Gasteiger partial charge in [0.1, 0.15) is 11.3 Å². The summed E-state index contributed by atoms with van der Waals surface area (Å²) >= 11 is 1.69. The van der Waals surface area contributed by atoms with E-state index in [1.165, 1.54) is 4.90 Å². The number of fused-ring (bicyclic) bond motifs is 3. The van der Waals surface area contributed by atoms with Gasteiger partial charge < -0.3 is 4.74 Å². The highest BCUT2D eigenvalue weighted by molar-refractivity contribution is 7.99. The fraction of sp³-hybridized carbons (Fsp3) is 0.0400. The van der Waals surface area contributed by atoms with Crippen molar-refractivity contribution in [1.29, 1.82) is 0 Å². The number of hydrogen-bond donors (Lipinski definition) is 0. The highest BCUT2D eigenvalue weighted by atomic mass is 32.2. The fourth-order valence-electron chi connectivity index (χ4n) is 3.32. The molecule has 140 valence electrons. The zero-order valence-corrected chi connectivity index (χ0v) is 16.7. The van der Waals surface area contributed by atoms with Crippen LogP contribution in [0.4, 0.5) is 0 Å². The van der Waals surface area contributed by atoms with E-state index in [1.807, 2.05) is 42.5 Å². The van der Waals surface area contributed by atoms with Crippen molar-refractivity contribution in [3.8, 4) is 11.6 Å². The maximum atomic E-state index is 6.31. The van der Waals surface area contributed by atoms with Crippen LogP contribution in [0.15, 0.2) is 101 Å². The molecule has 0 atom stereocenters. The largest absolute Gasteiger partial charge is 0.438 e. The number of pyridine rings is 2. The van der Waals surface area contributed by atoms with Crippen LogP contribution in [-0.4, -0.2) is 9.97 Å². The number of benzene rings is 3. The molecule has 0 fully saturated rings. The number of aromatic nitrogens is 2. The Balaban J connectivity index is 1.56. The molecule has 0 amide bonds. The lowest BCUT2D eigenvalue weighted by Crippen LogP contribution is -1.94.